The fourth-order valence-corrected chi connectivity index (χ4v) is 1.22. The summed E-state index contributed by atoms with van der Waals surface area (Å²) in [5.74, 6) is 0.927. The minimum Gasteiger partial charge on any atom is -0.387 e. The van der Waals surface area contributed by atoms with Crippen LogP contribution in [0.25, 0.3) is 0 Å². The Bertz CT molecular complexity index is 387. The van der Waals surface area contributed by atoms with Crippen LogP contribution in [0.3, 0.4) is 0 Å². The van der Waals surface area contributed by atoms with E-state index in [1.807, 2.05) is 0 Å². The Balaban J connectivity index is 2.95. The zero-order valence-electron chi connectivity index (χ0n) is 7.95. The van der Waals surface area contributed by atoms with Crippen LogP contribution in [-0.2, 0) is 0 Å². The molecule has 1 aromatic rings. The van der Waals surface area contributed by atoms with Gasteiger partial charge in [0.05, 0.1) is 6.10 Å². The molecule has 0 bridgehead atoms. The van der Waals surface area contributed by atoms with E-state index in [0.717, 1.165) is 18.2 Å². The summed E-state index contributed by atoms with van der Waals surface area (Å²) < 4.78 is 26.0. The molecular formula is C11H11F2NO. The van der Waals surface area contributed by atoms with Crippen LogP contribution in [-0.4, -0.2) is 11.1 Å². The first-order valence-corrected chi connectivity index (χ1v) is 4.38. The van der Waals surface area contributed by atoms with E-state index >= 15 is 0 Å². The van der Waals surface area contributed by atoms with Crippen molar-refractivity contribution in [3.8, 4) is 12.3 Å². The van der Waals surface area contributed by atoms with Crippen molar-refractivity contribution in [2.24, 2.45) is 5.73 Å². The van der Waals surface area contributed by atoms with E-state index in [-0.39, 0.29) is 12.0 Å². The molecule has 0 aliphatic heterocycles. The van der Waals surface area contributed by atoms with Crippen molar-refractivity contribution < 1.29 is 13.9 Å². The molecule has 80 valence electrons. The molecule has 0 unspecified atom stereocenters. The van der Waals surface area contributed by atoms with E-state index in [4.69, 9.17) is 12.2 Å². The number of nitrogens with two attached hydrogens (primary N) is 1. The van der Waals surface area contributed by atoms with Crippen LogP contribution in [0.2, 0.25) is 0 Å². The Labute approximate surface area is 86.7 Å². The minimum absolute atomic E-state index is 0.0944. The predicted octanol–water partition coefficient (Wildman–Crippen LogP) is 1.35. The van der Waals surface area contributed by atoms with Crippen molar-refractivity contribution in [1.29, 1.82) is 0 Å². The monoisotopic (exact) mass is 211 g/mol. The molecule has 0 saturated carbocycles. The van der Waals surface area contributed by atoms with E-state index < -0.39 is 23.8 Å². The molecule has 3 N–H and O–H groups in total. The molecule has 0 amide bonds. The Hall–Kier alpha value is -1.44. The van der Waals surface area contributed by atoms with Gasteiger partial charge in [0, 0.05) is 18.0 Å². The molecule has 15 heavy (non-hydrogen) atoms. The number of rotatable bonds is 3. The van der Waals surface area contributed by atoms with Gasteiger partial charge < -0.3 is 10.8 Å². The highest BCUT2D eigenvalue weighted by atomic mass is 19.1. The van der Waals surface area contributed by atoms with Crippen LogP contribution >= 0.6 is 0 Å². The van der Waals surface area contributed by atoms with Gasteiger partial charge in [-0.25, -0.2) is 8.78 Å². The third kappa shape index (κ3) is 2.75. The van der Waals surface area contributed by atoms with Gasteiger partial charge in [-0.1, -0.05) is 0 Å². The van der Waals surface area contributed by atoms with E-state index in [1.54, 1.807) is 0 Å². The molecule has 4 heteroatoms. The molecule has 1 rings (SSSR count). The zero-order chi connectivity index (χ0) is 11.4. The third-order valence-corrected chi connectivity index (χ3v) is 2.04. The number of hydrogen-bond acceptors (Lipinski definition) is 2. The quantitative estimate of drug-likeness (QED) is 0.741. The van der Waals surface area contributed by atoms with Gasteiger partial charge in [0.15, 0.2) is 0 Å². The Morgan fingerprint density at radius 2 is 2.13 bits per heavy atom. The summed E-state index contributed by atoms with van der Waals surface area (Å²) in [7, 11) is 0. The lowest BCUT2D eigenvalue weighted by Gasteiger charge is -2.17. The number of benzene rings is 1. The second kappa shape index (κ2) is 4.87. The standard InChI is InChI=1S/C11H11F2NO/c1-2-3-10(14)11(15)8-6-7(12)4-5-9(8)13/h1,4-6,10-11,15H,3,14H2/t10-,11+/m0/s1. The van der Waals surface area contributed by atoms with Crippen molar-refractivity contribution in [2.45, 2.75) is 18.6 Å². The Morgan fingerprint density at radius 1 is 1.47 bits per heavy atom. The van der Waals surface area contributed by atoms with Crippen molar-refractivity contribution in [1.82, 2.24) is 0 Å². The molecule has 0 spiro atoms. The lowest BCUT2D eigenvalue weighted by Crippen LogP contribution is -2.28. The van der Waals surface area contributed by atoms with Crippen molar-refractivity contribution in [3.05, 3.63) is 35.4 Å². The summed E-state index contributed by atoms with van der Waals surface area (Å²) in [5, 5.41) is 9.60. The van der Waals surface area contributed by atoms with E-state index in [1.165, 1.54) is 0 Å². The Kier molecular flexibility index (Phi) is 3.78. The highest BCUT2D eigenvalue weighted by Crippen LogP contribution is 2.21. The predicted molar refractivity (Wildman–Crippen MR) is 52.7 cm³/mol. The molecule has 2 nitrogen and oxygen atoms in total. The van der Waals surface area contributed by atoms with Crippen LogP contribution in [0.5, 0.6) is 0 Å². The maximum Gasteiger partial charge on any atom is 0.129 e. The topological polar surface area (TPSA) is 46.2 Å². The average molecular weight is 211 g/mol. The van der Waals surface area contributed by atoms with Gasteiger partial charge in [0.25, 0.3) is 0 Å². The highest BCUT2D eigenvalue weighted by Gasteiger charge is 2.20. The molecule has 0 aliphatic rings. The lowest BCUT2D eigenvalue weighted by atomic mass is 10.0. The maximum atomic E-state index is 13.2. The lowest BCUT2D eigenvalue weighted by molar-refractivity contribution is 0.143. The van der Waals surface area contributed by atoms with Crippen LogP contribution in [0, 0.1) is 24.0 Å². The van der Waals surface area contributed by atoms with Crippen molar-refractivity contribution >= 4 is 0 Å². The van der Waals surface area contributed by atoms with Gasteiger partial charge in [0.2, 0.25) is 0 Å². The number of halogens is 2. The van der Waals surface area contributed by atoms with Crippen LogP contribution in [0.4, 0.5) is 8.78 Å². The van der Waals surface area contributed by atoms with E-state index in [2.05, 4.69) is 5.92 Å². The SMILES string of the molecule is C#CC[C@H](N)[C@H](O)c1cc(F)ccc1F. The molecule has 0 saturated heterocycles. The summed E-state index contributed by atoms with van der Waals surface area (Å²) in [5.41, 5.74) is 5.33. The van der Waals surface area contributed by atoms with Gasteiger partial charge in [-0.15, -0.1) is 12.3 Å². The average Bonchev–Trinajstić information content (AvgIpc) is 2.21. The highest BCUT2D eigenvalue weighted by molar-refractivity contribution is 5.22. The molecular weight excluding hydrogens is 200 g/mol. The van der Waals surface area contributed by atoms with Gasteiger partial charge in [0.1, 0.15) is 11.6 Å². The number of terminal acetylenes is 1. The smallest absolute Gasteiger partial charge is 0.129 e. The first-order chi connectivity index (χ1) is 7.06. The largest absolute Gasteiger partial charge is 0.387 e. The molecule has 0 aliphatic carbocycles. The molecule has 0 fully saturated rings. The van der Waals surface area contributed by atoms with Gasteiger partial charge >= 0.3 is 0 Å². The summed E-state index contributed by atoms with van der Waals surface area (Å²) in [4.78, 5) is 0. The molecule has 0 heterocycles. The second-order valence-corrected chi connectivity index (χ2v) is 3.18. The zero-order valence-corrected chi connectivity index (χ0v) is 7.95. The first kappa shape index (κ1) is 11.6. The van der Waals surface area contributed by atoms with Crippen LogP contribution in [0.15, 0.2) is 18.2 Å². The summed E-state index contributed by atoms with van der Waals surface area (Å²) in [6.07, 6.45) is 3.80. The normalized spacial score (nSPS) is 14.3. The maximum absolute atomic E-state index is 13.2. The van der Waals surface area contributed by atoms with Crippen LogP contribution < -0.4 is 5.73 Å². The molecule has 0 aromatic heterocycles. The Morgan fingerprint density at radius 3 is 2.73 bits per heavy atom. The molecule has 0 radical (unpaired) electrons. The van der Waals surface area contributed by atoms with Crippen molar-refractivity contribution in [2.75, 3.05) is 0 Å². The fraction of sp³-hybridized carbons (Fsp3) is 0.273. The van der Waals surface area contributed by atoms with Gasteiger partial charge in [-0.3, -0.25) is 0 Å². The summed E-state index contributed by atoms with van der Waals surface area (Å²) in [6, 6.07) is 2.02. The summed E-state index contributed by atoms with van der Waals surface area (Å²) >= 11 is 0. The number of aliphatic hydroxyl groups is 1. The number of hydrogen-bond donors (Lipinski definition) is 2. The summed E-state index contributed by atoms with van der Waals surface area (Å²) in [6.45, 7) is 0. The van der Waals surface area contributed by atoms with E-state index in [0.29, 0.717) is 0 Å². The van der Waals surface area contributed by atoms with Crippen molar-refractivity contribution in [3.63, 3.8) is 0 Å². The van der Waals surface area contributed by atoms with Gasteiger partial charge in [-0.05, 0) is 18.2 Å². The third-order valence-electron chi connectivity index (χ3n) is 2.04. The first-order valence-electron chi connectivity index (χ1n) is 4.38. The molecule has 1 aromatic carbocycles. The second-order valence-electron chi connectivity index (χ2n) is 3.18. The van der Waals surface area contributed by atoms with E-state index in [9.17, 15) is 13.9 Å². The van der Waals surface area contributed by atoms with Gasteiger partial charge in [-0.2, -0.15) is 0 Å². The number of aliphatic hydroxyl groups excluding tert-OH is 1. The minimum atomic E-state index is -1.29. The fourth-order valence-electron chi connectivity index (χ4n) is 1.22. The molecule has 2 atom stereocenters. The van der Waals surface area contributed by atoms with Crippen LogP contribution in [0.1, 0.15) is 18.1 Å².